The van der Waals surface area contributed by atoms with Crippen molar-refractivity contribution in [3.8, 4) is 0 Å². The maximum atomic E-state index is 3.64. The van der Waals surface area contributed by atoms with E-state index < -0.39 is 0 Å². The lowest BCUT2D eigenvalue weighted by Gasteiger charge is -2.05. The van der Waals surface area contributed by atoms with Crippen molar-refractivity contribution in [3.05, 3.63) is 22.6 Å². The third-order valence-corrected chi connectivity index (χ3v) is 2.06. The first-order valence-electron chi connectivity index (χ1n) is 3.41. The van der Waals surface area contributed by atoms with Gasteiger partial charge in [-0.05, 0) is 26.2 Å². The van der Waals surface area contributed by atoms with Crippen molar-refractivity contribution < 1.29 is 0 Å². The summed E-state index contributed by atoms with van der Waals surface area (Å²) in [4.78, 5) is 1.29. The highest BCUT2D eigenvalue weighted by molar-refractivity contribution is 8.05. The summed E-state index contributed by atoms with van der Waals surface area (Å²) in [5.41, 5.74) is 1.24. The lowest BCUT2D eigenvalue weighted by atomic mass is 10.4. The van der Waals surface area contributed by atoms with Crippen LogP contribution >= 0.6 is 11.8 Å². The molecule has 2 heteroatoms. The molecule has 0 unspecified atom stereocenters. The summed E-state index contributed by atoms with van der Waals surface area (Å²) in [5.74, 6) is 0. The molecule has 0 bridgehead atoms. The molecule has 0 aliphatic rings. The second-order valence-corrected chi connectivity index (χ2v) is 3.18. The Kier molecular flexibility index (Phi) is 5.22. The SMILES string of the molecule is C=CS/C(C)=C(/C)NCC. The van der Waals surface area contributed by atoms with Gasteiger partial charge in [0.25, 0.3) is 0 Å². The predicted molar refractivity (Wildman–Crippen MR) is 49.8 cm³/mol. The minimum atomic E-state index is 0.987. The van der Waals surface area contributed by atoms with Crippen LogP contribution in [0.15, 0.2) is 22.6 Å². The fraction of sp³-hybridized carbons (Fsp3) is 0.500. The quantitative estimate of drug-likeness (QED) is 0.673. The van der Waals surface area contributed by atoms with Gasteiger partial charge < -0.3 is 5.32 Å². The molecule has 10 heavy (non-hydrogen) atoms. The Labute approximate surface area is 67.6 Å². The summed E-state index contributed by atoms with van der Waals surface area (Å²) >= 11 is 1.66. The highest BCUT2D eigenvalue weighted by Gasteiger charge is 1.91. The zero-order chi connectivity index (χ0) is 7.98. The van der Waals surface area contributed by atoms with E-state index in [2.05, 4.69) is 32.7 Å². The van der Waals surface area contributed by atoms with Gasteiger partial charge in [-0.15, -0.1) is 11.8 Å². The van der Waals surface area contributed by atoms with E-state index in [1.807, 2.05) is 5.41 Å². The van der Waals surface area contributed by atoms with Gasteiger partial charge in [-0.25, -0.2) is 0 Å². The van der Waals surface area contributed by atoms with Gasteiger partial charge in [-0.1, -0.05) is 6.58 Å². The Bertz CT molecular complexity index is 138. The molecule has 0 saturated carbocycles. The summed E-state index contributed by atoms with van der Waals surface area (Å²) in [6.07, 6.45) is 0. The summed E-state index contributed by atoms with van der Waals surface area (Å²) in [5, 5.41) is 5.08. The molecule has 0 rings (SSSR count). The van der Waals surface area contributed by atoms with E-state index in [-0.39, 0.29) is 0 Å². The van der Waals surface area contributed by atoms with E-state index in [0.29, 0.717) is 0 Å². The highest BCUT2D eigenvalue weighted by atomic mass is 32.2. The van der Waals surface area contributed by atoms with E-state index in [1.165, 1.54) is 10.6 Å². The largest absolute Gasteiger partial charge is 0.388 e. The number of rotatable bonds is 4. The number of thioether (sulfide) groups is 1. The van der Waals surface area contributed by atoms with Crippen molar-refractivity contribution in [1.82, 2.24) is 5.32 Å². The van der Waals surface area contributed by atoms with Crippen LogP contribution in [0.4, 0.5) is 0 Å². The van der Waals surface area contributed by atoms with Crippen molar-refractivity contribution in [2.45, 2.75) is 20.8 Å². The molecular formula is C8H15NS. The van der Waals surface area contributed by atoms with Crippen molar-refractivity contribution in [3.63, 3.8) is 0 Å². The summed E-state index contributed by atoms with van der Waals surface area (Å²) in [6.45, 7) is 10.9. The molecule has 0 aliphatic heterocycles. The van der Waals surface area contributed by atoms with Crippen LogP contribution in [0.3, 0.4) is 0 Å². The van der Waals surface area contributed by atoms with Crippen LogP contribution in [0.5, 0.6) is 0 Å². The Morgan fingerprint density at radius 1 is 1.60 bits per heavy atom. The molecule has 0 saturated heterocycles. The van der Waals surface area contributed by atoms with E-state index in [1.54, 1.807) is 11.8 Å². The minimum absolute atomic E-state index is 0.987. The first-order valence-corrected chi connectivity index (χ1v) is 4.29. The maximum Gasteiger partial charge on any atom is 0.0172 e. The van der Waals surface area contributed by atoms with E-state index in [0.717, 1.165) is 6.54 Å². The third kappa shape index (κ3) is 3.62. The Balaban J connectivity index is 3.90. The Hall–Kier alpha value is -0.370. The molecule has 1 N–H and O–H groups in total. The lowest BCUT2D eigenvalue weighted by molar-refractivity contribution is 0.849. The van der Waals surface area contributed by atoms with E-state index >= 15 is 0 Å². The Morgan fingerprint density at radius 2 is 2.20 bits per heavy atom. The van der Waals surface area contributed by atoms with E-state index in [4.69, 9.17) is 0 Å². The molecule has 0 radical (unpaired) electrons. The van der Waals surface area contributed by atoms with Crippen LogP contribution in [-0.4, -0.2) is 6.54 Å². The van der Waals surface area contributed by atoms with E-state index in [9.17, 15) is 0 Å². The van der Waals surface area contributed by atoms with Crippen LogP contribution < -0.4 is 5.32 Å². The molecule has 1 nitrogen and oxygen atoms in total. The van der Waals surface area contributed by atoms with Gasteiger partial charge in [-0.2, -0.15) is 0 Å². The molecule has 0 aliphatic carbocycles. The minimum Gasteiger partial charge on any atom is -0.388 e. The highest BCUT2D eigenvalue weighted by Crippen LogP contribution is 2.17. The molecule has 0 fully saturated rings. The monoisotopic (exact) mass is 157 g/mol. The molecular weight excluding hydrogens is 142 g/mol. The van der Waals surface area contributed by atoms with Crippen molar-refractivity contribution in [2.75, 3.05) is 6.54 Å². The molecule has 0 aromatic rings. The van der Waals surface area contributed by atoms with Crippen molar-refractivity contribution in [1.29, 1.82) is 0 Å². The number of hydrogen-bond acceptors (Lipinski definition) is 2. The van der Waals surface area contributed by atoms with Gasteiger partial charge >= 0.3 is 0 Å². The first kappa shape index (κ1) is 9.63. The number of nitrogens with one attached hydrogen (secondary N) is 1. The molecule has 0 heterocycles. The molecule has 0 atom stereocenters. The predicted octanol–water partition coefficient (Wildman–Crippen LogP) is 2.72. The third-order valence-electron chi connectivity index (χ3n) is 1.23. The molecule has 0 aromatic heterocycles. The van der Waals surface area contributed by atoms with Gasteiger partial charge in [0.05, 0.1) is 0 Å². The van der Waals surface area contributed by atoms with Crippen LogP contribution in [-0.2, 0) is 0 Å². The van der Waals surface area contributed by atoms with Gasteiger partial charge in [0.1, 0.15) is 0 Å². The topological polar surface area (TPSA) is 12.0 Å². The number of allylic oxidation sites excluding steroid dienone is 2. The second-order valence-electron chi connectivity index (χ2n) is 2.00. The van der Waals surface area contributed by atoms with Crippen LogP contribution in [0, 0.1) is 0 Å². The molecule has 0 aromatic carbocycles. The summed E-state index contributed by atoms with van der Waals surface area (Å²) in [7, 11) is 0. The molecule has 0 spiro atoms. The second kappa shape index (κ2) is 5.42. The fourth-order valence-electron chi connectivity index (χ4n) is 0.603. The molecule has 58 valence electrons. The van der Waals surface area contributed by atoms with Gasteiger partial charge in [-0.3, -0.25) is 0 Å². The maximum absolute atomic E-state index is 3.64. The fourth-order valence-corrected chi connectivity index (χ4v) is 1.10. The smallest absolute Gasteiger partial charge is 0.0172 e. The van der Waals surface area contributed by atoms with Gasteiger partial charge in [0.2, 0.25) is 0 Å². The first-order chi connectivity index (χ1) is 4.72. The van der Waals surface area contributed by atoms with Crippen LogP contribution in [0.1, 0.15) is 20.8 Å². The molecule has 0 amide bonds. The zero-order valence-electron chi connectivity index (χ0n) is 6.90. The van der Waals surface area contributed by atoms with Crippen LogP contribution in [0.25, 0.3) is 0 Å². The normalized spacial score (nSPS) is 12.3. The lowest BCUT2D eigenvalue weighted by Crippen LogP contribution is -2.10. The Morgan fingerprint density at radius 3 is 2.60 bits per heavy atom. The van der Waals surface area contributed by atoms with Gasteiger partial charge in [0, 0.05) is 17.1 Å². The van der Waals surface area contributed by atoms with Crippen molar-refractivity contribution >= 4 is 11.8 Å². The summed E-state index contributed by atoms with van der Waals surface area (Å²) in [6, 6.07) is 0. The van der Waals surface area contributed by atoms with Gasteiger partial charge in [0.15, 0.2) is 0 Å². The average Bonchev–Trinajstić information content (AvgIpc) is 1.89. The van der Waals surface area contributed by atoms with Crippen molar-refractivity contribution in [2.24, 2.45) is 0 Å². The number of hydrogen-bond donors (Lipinski definition) is 1. The van der Waals surface area contributed by atoms with Crippen LogP contribution in [0.2, 0.25) is 0 Å². The zero-order valence-corrected chi connectivity index (χ0v) is 7.72. The standard InChI is InChI=1S/C8H15NS/c1-5-9-7(3)8(4)10-6-2/h6,9H,2,5H2,1,3-4H3/b8-7-. The average molecular weight is 157 g/mol. The summed E-state index contributed by atoms with van der Waals surface area (Å²) < 4.78 is 0.